The van der Waals surface area contributed by atoms with Crippen LogP contribution in [0.15, 0.2) is 0 Å². The topological polar surface area (TPSA) is 74.7 Å². The molecule has 1 rings (SSSR count). The van der Waals surface area contributed by atoms with Crippen molar-refractivity contribution >= 4 is 28.8 Å². The zero-order chi connectivity index (χ0) is 14.4. The second-order valence-electron chi connectivity index (χ2n) is 4.89. The molecule has 1 aliphatic heterocycles. The lowest BCUT2D eigenvalue weighted by atomic mass is 9.97. The van der Waals surface area contributed by atoms with Crippen molar-refractivity contribution in [3.8, 4) is 0 Å². The minimum Gasteiger partial charge on any atom is -0.480 e. The molecule has 1 heterocycles. The van der Waals surface area contributed by atoms with Gasteiger partial charge >= 0.3 is 5.97 Å². The molecule has 1 fully saturated rings. The molecule has 0 spiro atoms. The summed E-state index contributed by atoms with van der Waals surface area (Å²) in [5.74, 6) is -0.886. The maximum absolute atomic E-state index is 12.4. The van der Waals surface area contributed by atoms with Crippen LogP contribution in [0.1, 0.15) is 39.5 Å². The van der Waals surface area contributed by atoms with Crippen molar-refractivity contribution in [2.75, 3.05) is 12.3 Å². The molecular weight excluding hydrogens is 266 g/mol. The number of rotatable bonds is 4. The van der Waals surface area contributed by atoms with Crippen LogP contribution in [0.4, 0.5) is 0 Å². The van der Waals surface area contributed by atoms with Gasteiger partial charge in [-0.1, -0.05) is 24.6 Å². The number of hydrogen-bond donors (Lipinski definition) is 1. The van der Waals surface area contributed by atoms with E-state index in [4.69, 9.17) is 5.11 Å². The van der Waals surface area contributed by atoms with Crippen molar-refractivity contribution in [2.24, 2.45) is 5.92 Å². The Bertz CT molecular complexity index is 359. The van der Waals surface area contributed by atoms with Gasteiger partial charge in [-0.15, -0.1) is 0 Å². The Morgan fingerprint density at radius 1 is 1.42 bits per heavy atom. The van der Waals surface area contributed by atoms with E-state index in [1.54, 1.807) is 0 Å². The Labute approximate surface area is 117 Å². The van der Waals surface area contributed by atoms with E-state index in [0.29, 0.717) is 12.3 Å². The van der Waals surface area contributed by atoms with Crippen LogP contribution in [-0.2, 0) is 14.4 Å². The van der Waals surface area contributed by atoms with E-state index in [1.165, 1.54) is 18.7 Å². The molecule has 0 aliphatic carbocycles. The SMILES string of the molecule is CC(=O)SCC1CCCCCN(C(C)C(=O)O)C1=O. The summed E-state index contributed by atoms with van der Waals surface area (Å²) in [5, 5.41) is 9.06. The second-order valence-corrected chi connectivity index (χ2v) is 6.09. The predicted molar refractivity (Wildman–Crippen MR) is 73.9 cm³/mol. The predicted octanol–water partition coefficient (Wildman–Crippen LogP) is 1.76. The van der Waals surface area contributed by atoms with Gasteiger partial charge in [-0.05, 0) is 19.8 Å². The third kappa shape index (κ3) is 4.86. The standard InChI is InChI=1S/C13H21NO4S/c1-9(13(17)18)14-7-5-3-4-6-11(12(14)16)8-19-10(2)15/h9,11H,3-8H2,1-2H3,(H,17,18). The highest BCUT2D eigenvalue weighted by Crippen LogP contribution is 2.23. The summed E-state index contributed by atoms with van der Waals surface area (Å²) in [6, 6.07) is -0.796. The molecule has 6 heteroatoms. The van der Waals surface area contributed by atoms with Gasteiger partial charge in [0.1, 0.15) is 6.04 Å². The molecule has 1 saturated heterocycles. The zero-order valence-corrected chi connectivity index (χ0v) is 12.2. The molecule has 0 radical (unpaired) electrons. The lowest BCUT2D eigenvalue weighted by Gasteiger charge is -2.32. The summed E-state index contributed by atoms with van der Waals surface area (Å²) in [6.45, 7) is 3.51. The summed E-state index contributed by atoms with van der Waals surface area (Å²) in [4.78, 5) is 35.9. The number of aliphatic carboxylic acids is 1. The number of carbonyl (C=O) groups excluding carboxylic acids is 2. The van der Waals surface area contributed by atoms with E-state index in [2.05, 4.69) is 0 Å². The first-order valence-electron chi connectivity index (χ1n) is 6.60. The average Bonchev–Trinajstić information content (AvgIpc) is 2.32. The largest absolute Gasteiger partial charge is 0.480 e. The molecular formula is C13H21NO4S. The maximum Gasteiger partial charge on any atom is 0.326 e. The van der Waals surface area contributed by atoms with Crippen molar-refractivity contribution in [1.29, 1.82) is 0 Å². The average molecular weight is 287 g/mol. The first-order chi connectivity index (χ1) is 8.93. The van der Waals surface area contributed by atoms with Gasteiger partial charge in [0.05, 0.1) is 0 Å². The first-order valence-corrected chi connectivity index (χ1v) is 7.58. The molecule has 108 valence electrons. The van der Waals surface area contributed by atoms with Crippen LogP contribution in [0.2, 0.25) is 0 Å². The fourth-order valence-corrected chi connectivity index (χ4v) is 2.95. The summed E-state index contributed by atoms with van der Waals surface area (Å²) in [7, 11) is 0. The van der Waals surface area contributed by atoms with E-state index in [-0.39, 0.29) is 16.9 Å². The molecule has 0 saturated carbocycles. The minimum absolute atomic E-state index is 0.00677. The highest BCUT2D eigenvalue weighted by molar-refractivity contribution is 8.13. The quantitative estimate of drug-likeness (QED) is 0.852. The second kappa shape index (κ2) is 7.53. The number of hydrogen-bond acceptors (Lipinski definition) is 4. The highest BCUT2D eigenvalue weighted by atomic mass is 32.2. The van der Waals surface area contributed by atoms with Crippen LogP contribution >= 0.6 is 11.8 Å². The zero-order valence-electron chi connectivity index (χ0n) is 11.4. The summed E-state index contributed by atoms with van der Waals surface area (Å²) in [6.07, 6.45) is 3.54. The molecule has 2 unspecified atom stereocenters. The Morgan fingerprint density at radius 3 is 2.68 bits per heavy atom. The third-order valence-corrected chi connectivity index (χ3v) is 4.37. The Hall–Kier alpha value is -1.04. The van der Waals surface area contributed by atoms with E-state index in [0.717, 1.165) is 37.4 Å². The molecule has 2 atom stereocenters. The molecule has 1 N–H and O–H groups in total. The number of carboxylic acids is 1. The van der Waals surface area contributed by atoms with Gasteiger partial charge in [0.2, 0.25) is 5.91 Å². The van der Waals surface area contributed by atoms with Gasteiger partial charge in [0.25, 0.3) is 0 Å². The maximum atomic E-state index is 12.4. The third-order valence-electron chi connectivity index (χ3n) is 3.40. The highest BCUT2D eigenvalue weighted by Gasteiger charge is 2.31. The van der Waals surface area contributed by atoms with Crippen molar-refractivity contribution in [2.45, 2.75) is 45.6 Å². The molecule has 0 aromatic rings. The van der Waals surface area contributed by atoms with Crippen LogP contribution in [0.3, 0.4) is 0 Å². The van der Waals surface area contributed by atoms with Crippen molar-refractivity contribution in [3.05, 3.63) is 0 Å². The van der Waals surface area contributed by atoms with E-state index >= 15 is 0 Å². The van der Waals surface area contributed by atoms with Gasteiger partial charge in [0, 0.05) is 25.1 Å². The number of amides is 1. The van der Waals surface area contributed by atoms with Crippen LogP contribution < -0.4 is 0 Å². The first kappa shape index (κ1) is 16.0. The number of likely N-dealkylation sites (tertiary alicyclic amines) is 1. The molecule has 1 aliphatic rings. The molecule has 0 bridgehead atoms. The summed E-state index contributed by atoms with van der Waals surface area (Å²) >= 11 is 1.15. The number of nitrogens with zero attached hydrogens (tertiary/aromatic N) is 1. The smallest absolute Gasteiger partial charge is 0.326 e. The van der Waals surface area contributed by atoms with Crippen LogP contribution in [0.25, 0.3) is 0 Å². The Morgan fingerprint density at radius 2 is 2.11 bits per heavy atom. The monoisotopic (exact) mass is 287 g/mol. The van der Waals surface area contributed by atoms with E-state index in [1.807, 2.05) is 0 Å². The van der Waals surface area contributed by atoms with Crippen LogP contribution in [0, 0.1) is 5.92 Å². The molecule has 0 aromatic heterocycles. The van der Waals surface area contributed by atoms with Gasteiger partial charge in [0.15, 0.2) is 5.12 Å². The van der Waals surface area contributed by atoms with Gasteiger partial charge < -0.3 is 10.0 Å². The lowest BCUT2D eigenvalue weighted by molar-refractivity contribution is -0.151. The van der Waals surface area contributed by atoms with Crippen molar-refractivity contribution in [1.82, 2.24) is 4.90 Å². The van der Waals surface area contributed by atoms with Gasteiger partial charge in [-0.25, -0.2) is 4.79 Å². The minimum atomic E-state index is -0.980. The summed E-state index contributed by atoms with van der Waals surface area (Å²) < 4.78 is 0. The normalized spacial score (nSPS) is 22.5. The fourth-order valence-electron chi connectivity index (χ4n) is 2.21. The fraction of sp³-hybridized carbons (Fsp3) is 0.769. The van der Waals surface area contributed by atoms with Crippen LogP contribution in [0.5, 0.6) is 0 Å². The molecule has 1 amide bonds. The molecule has 0 aromatic carbocycles. The molecule has 19 heavy (non-hydrogen) atoms. The Kier molecular flexibility index (Phi) is 6.34. The Balaban J connectivity index is 2.76. The van der Waals surface area contributed by atoms with Gasteiger partial charge in [-0.2, -0.15) is 0 Å². The summed E-state index contributed by atoms with van der Waals surface area (Å²) in [5.41, 5.74) is 0. The number of thioether (sulfide) groups is 1. The van der Waals surface area contributed by atoms with Gasteiger partial charge in [-0.3, -0.25) is 9.59 Å². The van der Waals surface area contributed by atoms with Crippen molar-refractivity contribution in [3.63, 3.8) is 0 Å². The number of carbonyl (C=O) groups is 3. The molecule has 5 nitrogen and oxygen atoms in total. The van der Waals surface area contributed by atoms with Crippen LogP contribution in [-0.4, -0.2) is 45.3 Å². The van der Waals surface area contributed by atoms with Crippen molar-refractivity contribution < 1.29 is 19.5 Å². The lowest BCUT2D eigenvalue weighted by Crippen LogP contribution is -2.47. The van der Waals surface area contributed by atoms with E-state index < -0.39 is 12.0 Å². The van der Waals surface area contributed by atoms with E-state index in [9.17, 15) is 14.4 Å². The number of carboxylic acid groups (broad SMARTS) is 1.